The molecule has 0 atom stereocenters. The van der Waals surface area contributed by atoms with Gasteiger partial charge in [-0.15, -0.1) is 0 Å². The van der Waals surface area contributed by atoms with Gasteiger partial charge in [-0.25, -0.2) is 0 Å². The van der Waals surface area contributed by atoms with Gasteiger partial charge in [-0.1, -0.05) is 44.1 Å². The molecule has 0 unspecified atom stereocenters. The summed E-state index contributed by atoms with van der Waals surface area (Å²) in [5.74, 6) is 0.965. The monoisotopic (exact) mass is 233 g/mol. The van der Waals surface area contributed by atoms with Crippen LogP contribution < -0.4 is 10.1 Å². The highest BCUT2D eigenvalue weighted by atomic mass is 16.5. The summed E-state index contributed by atoms with van der Waals surface area (Å²) >= 11 is 0. The Morgan fingerprint density at radius 1 is 1.18 bits per heavy atom. The first-order chi connectivity index (χ1) is 8.36. The SMILES string of the molecule is CCCCCOc1ccc(C=CCNC)cc1. The number of unbranched alkanes of at least 4 members (excludes halogenated alkanes) is 2. The summed E-state index contributed by atoms with van der Waals surface area (Å²) in [4.78, 5) is 0. The normalized spacial score (nSPS) is 10.9. The first-order valence-corrected chi connectivity index (χ1v) is 6.41. The molecule has 0 aliphatic carbocycles. The number of ether oxygens (including phenoxy) is 1. The van der Waals surface area contributed by atoms with Gasteiger partial charge in [0.05, 0.1) is 6.61 Å². The maximum Gasteiger partial charge on any atom is 0.119 e. The van der Waals surface area contributed by atoms with Crippen LogP contribution in [0.15, 0.2) is 30.3 Å². The van der Waals surface area contributed by atoms with Crippen LogP contribution in [0.1, 0.15) is 31.7 Å². The second-order valence-corrected chi connectivity index (χ2v) is 4.08. The van der Waals surface area contributed by atoms with Crippen LogP contribution in [0.5, 0.6) is 5.75 Å². The van der Waals surface area contributed by atoms with Gasteiger partial charge >= 0.3 is 0 Å². The summed E-state index contributed by atoms with van der Waals surface area (Å²) < 4.78 is 5.65. The standard InChI is InChI=1S/C15H23NO/c1-3-4-5-13-17-15-10-8-14(9-11-15)7-6-12-16-2/h6-11,16H,3-5,12-13H2,1-2H3. The van der Waals surface area contributed by atoms with Gasteiger partial charge in [-0.2, -0.15) is 0 Å². The van der Waals surface area contributed by atoms with E-state index in [1.54, 1.807) is 0 Å². The van der Waals surface area contributed by atoms with Gasteiger partial charge in [-0.05, 0) is 31.2 Å². The van der Waals surface area contributed by atoms with E-state index in [-0.39, 0.29) is 0 Å². The molecule has 94 valence electrons. The first-order valence-electron chi connectivity index (χ1n) is 6.41. The third kappa shape index (κ3) is 6.12. The zero-order valence-corrected chi connectivity index (χ0v) is 10.9. The summed E-state index contributed by atoms with van der Waals surface area (Å²) in [6, 6.07) is 8.23. The van der Waals surface area contributed by atoms with Crippen LogP contribution in [-0.2, 0) is 0 Å². The van der Waals surface area contributed by atoms with Gasteiger partial charge in [-0.3, -0.25) is 0 Å². The minimum atomic E-state index is 0.822. The molecule has 0 saturated heterocycles. The average molecular weight is 233 g/mol. The van der Waals surface area contributed by atoms with Crippen LogP contribution in [0.25, 0.3) is 6.08 Å². The van der Waals surface area contributed by atoms with E-state index >= 15 is 0 Å². The van der Waals surface area contributed by atoms with E-state index < -0.39 is 0 Å². The highest BCUT2D eigenvalue weighted by Gasteiger charge is 1.93. The number of likely N-dealkylation sites (N-methyl/N-ethyl adjacent to an activating group) is 1. The van der Waals surface area contributed by atoms with Gasteiger partial charge in [0.25, 0.3) is 0 Å². The second-order valence-electron chi connectivity index (χ2n) is 4.08. The van der Waals surface area contributed by atoms with E-state index in [0.717, 1.165) is 25.3 Å². The molecule has 0 radical (unpaired) electrons. The molecule has 0 aromatic heterocycles. The summed E-state index contributed by atoms with van der Waals surface area (Å²) in [6.45, 7) is 3.92. The molecule has 0 amide bonds. The molecular formula is C15H23NO. The summed E-state index contributed by atoms with van der Waals surface area (Å²) in [5, 5.41) is 3.08. The molecule has 0 aliphatic heterocycles. The van der Waals surface area contributed by atoms with Crippen molar-refractivity contribution >= 4 is 6.08 Å². The molecular weight excluding hydrogens is 210 g/mol. The van der Waals surface area contributed by atoms with Gasteiger partial charge < -0.3 is 10.1 Å². The van der Waals surface area contributed by atoms with Gasteiger partial charge in [0.15, 0.2) is 0 Å². The Hall–Kier alpha value is -1.28. The Kier molecular flexibility index (Phi) is 7.15. The number of hydrogen-bond acceptors (Lipinski definition) is 2. The van der Waals surface area contributed by atoms with Gasteiger partial charge in [0, 0.05) is 6.54 Å². The van der Waals surface area contributed by atoms with Crippen molar-refractivity contribution in [1.82, 2.24) is 5.32 Å². The van der Waals surface area contributed by atoms with Crippen LogP contribution in [0.4, 0.5) is 0 Å². The molecule has 1 N–H and O–H groups in total. The Balaban J connectivity index is 2.34. The van der Waals surface area contributed by atoms with E-state index in [2.05, 4.69) is 36.5 Å². The van der Waals surface area contributed by atoms with Crippen molar-refractivity contribution in [3.63, 3.8) is 0 Å². The fraction of sp³-hybridized carbons (Fsp3) is 0.467. The van der Waals surface area contributed by atoms with E-state index in [9.17, 15) is 0 Å². The molecule has 0 heterocycles. The summed E-state index contributed by atoms with van der Waals surface area (Å²) in [5.41, 5.74) is 1.21. The number of nitrogens with one attached hydrogen (secondary N) is 1. The van der Waals surface area contributed by atoms with Crippen molar-refractivity contribution in [3.05, 3.63) is 35.9 Å². The molecule has 0 fully saturated rings. The van der Waals surface area contributed by atoms with Crippen molar-refractivity contribution in [2.24, 2.45) is 0 Å². The highest BCUT2D eigenvalue weighted by Crippen LogP contribution is 2.13. The van der Waals surface area contributed by atoms with Crippen LogP contribution in [0.3, 0.4) is 0 Å². The molecule has 0 spiro atoms. The van der Waals surface area contributed by atoms with Crippen molar-refractivity contribution in [2.75, 3.05) is 20.2 Å². The molecule has 1 rings (SSSR count). The van der Waals surface area contributed by atoms with E-state index in [1.165, 1.54) is 18.4 Å². The fourth-order valence-electron chi connectivity index (χ4n) is 1.53. The van der Waals surface area contributed by atoms with E-state index in [0.29, 0.717) is 0 Å². The van der Waals surface area contributed by atoms with Crippen LogP contribution in [0, 0.1) is 0 Å². The predicted octanol–water partition coefficient (Wildman–Crippen LogP) is 3.49. The van der Waals surface area contributed by atoms with Crippen LogP contribution in [0.2, 0.25) is 0 Å². The number of benzene rings is 1. The minimum Gasteiger partial charge on any atom is -0.494 e. The lowest BCUT2D eigenvalue weighted by Crippen LogP contribution is -2.03. The second kappa shape index (κ2) is 8.82. The lowest BCUT2D eigenvalue weighted by atomic mass is 10.2. The number of rotatable bonds is 8. The Labute approximate surface area is 105 Å². The first kappa shape index (κ1) is 13.8. The van der Waals surface area contributed by atoms with Gasteiger partial charge in [0.1, 0.15) is 5.75 Å². The van der Waals surface area contributed by atoms with Crippen molar-refractivity contribution in [1.29, 1.82) is 0 Å². The molecule has 0 bridgehead atoms. The van der Waals surface area contributed by atoms with Crippen molar-refractivity contribution in [3.8, 4) is 5.75 Å². The van der Waals surface area contributed by atoms with Crippen molar-refractivity contribution < 1.29 is 4.74 Å². The predicted molar refractivity (Wildman–Crippen MR) is 74.4 cm³/mol. The molecule has 1 aromatic rings. The molecule has 2 nitrogen and oxygen atoms in total. The Morgan fingerprint density at radius 3 is 2.59 bits per heavy atom. The van der Waals surface area contributed by atoms with Gasteiger partial charge in [0.2, 0.25) is 0 Å². The molecule has 2 heteroatoms. The largest absolute Gasteiger partial charge is 0.494 e. The van der Waals surface area contributed by atoms with Crippen molar-refractivity contribution in [2.45, 2.75) is 26.2 Å². The zero-order valence-electron chi connectivity index (χ0n) is 10.9. The highest BCUT2D eigenvalue weighted by molar-refractivity contribution is 5.50. The topological polar surface area (TPSA) is 21.3 Å². The molecule has 1 aromatic carbocycles. The van der Waals surface area contributed by atoms with Crippen LogP contribution in [-0.4, -0.2) is 20.2 Å². The maximum absolute atomic E-state index is 5.65. The smallest absolute Gasteiger partial charge is 0.119 e. The Bertz CT molecular complexity index is 316. The van der Waals surface area contributed by atoms with E-state index in [4.69, 9.17) is 4.74 Å². The Morgan fingerprint density at radius 2 is 1.94 bits per heavy atom. The molecule has 17 heavy (non-hydrogen) atoms. The van der Waals surface area contributed by atoms with E-state index in [1.807, 2.05) is 19.2 Å². The lowest BCUT2D eigenvalue weighted by Gasteiger charge is -2.05. The maximum atomic E-state index is 5.65. The minimum absolute atomic E-state index is 0.822. The summed E-state index contributed by atoms with van der Waals surface area (Å²) in [6.07, 6.45) is 7.83. The third-order valence-electron chi connectivity index (χ3n) is 2.53. The summed E-state index contributed by atoms with van der Waals surface area (Å²) in [7, 11) is 1.94. The molecule has 0 aliphatic rings. The number of hydrogen-bond donors (Lipinski definition) is 1. The third-order valence-corrected chi connectivity index (χ3v) is 2.53. The lowest BCUT2D eigenvalue weighted by molar-refractivity contribution is 0.306. The zero-order chi connectivity index (χ0) is 12.3. The molecule has 0 saturated carbocycles. The quantitative estimate of drug-likeness (QED) is 0.694. The average Bonchev–Trinajstić information content (AvgIpc) is 2.37. The van der Waals surface area contributed by atoms with Crippen LogP contribution >= 0.6 is 0 Å². The fourth-order valence-corrected chi connectivity index (χ4v) is 1.53.